The first-order valence-electron chi connectivity index (χ1n) is 8.22. The quantitative estimate of drug-likeness (QED) is 0.221. The predicted molar refractivity (Wildman–Crippen MR) is 90.8 cm³/mol. The summed E-state index contributed by atoms with van der Waals surface area (Å²) in [4.78, 5) is 17.4. The Bertz CT molecular complexity index is 243. The molecule has 0 aromatic carbocycles. The highest BCUT2D eigenvalue weighted by atomic mass is 32.1. The highest BCUT2D eigenvalue weighted by Gasteiger charge is 2.10. The van der Waals surface area contributed by atoms with Crippen molar-refractivity contribution in [2.45, 2.75) is 83.5 Å². The Morgan fingerprint density at radius 1 is 0.600 bits per heavy atom. The third-order valence-electron chi connectivity index (χ3n) is 3.61. The van der Waals surface area contributed by atoms with Crippen LogP contribution in [0.5, 0.6) is 0 Å². The summed E-state index contributed by atoms with van der Waals surface area (Å²) in [7, 11) is -3.75. The van der Waals surface area contributed by atoms with E-state index in [0.29, 0.717) is 6.42 Å². The highest BCUT2D eigenvalue weighted by molar-refractivity contribution is 7.80. The molecule has 0 aliphatic heterocycles. The maximum Gasteiger partial charge on any atom is 0.325 e. The molecule has 2 N–H and O–H groups in total. The summed E-state index contributed by atoms with van der Waals surface area (Å²) in [5.74, 6) is 1.02. The first-order chi connectivity index (χ1) is 9.56. The lowest BCUT2D eigenvalue weighted by molar-refractivity contribution is 0.370. The minimum Gasteiger partial charge on any atom is -0.324 e. The van der Waals surface area contributed by atoms with Crippen LogP contribution < -0.4 is 0 Å². The third-order valence-corrected chi connectivity index (χ3v) is 4.82. The third kappa shape index (κ3) is 18.5. The van der Waals surface area contributed by atoms with Gasteiger partial charge in [-0.2, -0.15) is 12.6 Å². The zero-order valence-corrected chi connectivity index (χ0v) is 14.6. The molecule has 0 saturated carbocycles. The second kappa shape index (κ2) is 14.4. The molecule has 5 heteroatoms. The second-order valence-electron chi connectivity index (χ2n) is 5.71. The Morgan fingerprint density at radius 2 is 0.900 bits per heavy atom. The zero-order chi connectivity index (χ0) is 15.1. The van der Waals surface area contributed by atoms with Gasteiger partial charge in [0, 0.05) is 6.16 Å². The Balaban J connectivity index is 3.01. The first kappa shape index (κ1) is 20.5. The van der Waals surface area contributed by atoms with Crippen molar-refractivity contribution >= 4 is 20.2 Å². The average Bonchev–Trinajstić information content (AvgIpc) is 2.38. The molecular formula is C15H33O3PS. The summed E-state index contributed by atoms with van der Waals surface area (Å²) in [5, 5.41) is 0. The van der Waals surface area contributed by atoms with E-state index >= 15 is 0 Å². The standard InChI is InChI=1S/C15H33O3PS/c16-19(17,18)14-12-10-8-6-4-2-1-3-5-7-9-11-13-15-20/h20H,1-15H2,(H2,16,17,18). The highest BCUT2D eigenvalue weighted by Crippen LogP contribution is 2.35. The van der Waals surface area contributed by atoms with Crippen LogP contribution in [0.4, 0.5) is 0 Å². The fourth-order valence-corrected chi connectivity index (χ4v) is 3.23. The summed E-state index contributed by atoms with van der Waals surface area (Å²) in [6, 6.07) is 0. The van der Waals surface area contributed by atoms with Crippen LogP contribution in [-0.4, -0.2) is 21.7 Å². The van der Waals surface area contributed by atoms with Crippen molar-refractivity contribution in [1.82, 2.24) is 0 Å². The van der Waals surface area contributed by atoms with E-state index < -0.39 is 7.60 Å². The Hall–Kier alpha value is 0.500. The summed E-state index contributed by atoms with van der Waals surface area (Å²) in [6.07, 6.45) is 16.0. The molecule has 0 aromatic heterocycles. The van der Waals surface area contributed by atoms with Crippen LogP contribution >= 0.6 is 20.2 Å². The summed E-state index contributed by atoms with van der Waals surface area (Å²) in [6.45, 7) is 0. The van der Waals surface area contributed by atoms with Crippen LogP contribution in [-0.2, 0) is 4.57 Å². The van der Waals surface area contributed by atoms with Crippen LogP contribution in [0.3, 0.4) is 0 Å². The lowest BCUT2D eigenvalue weighted by Crippen LogP contribution is -1.88. The van der Waals surface area contributed by atoms with Crippen molar-refractivity contribution < 1.29 is 14.4 Å². The SMILES string of the molecule is O=P(O)(O)CCCCCCCCCCCCCCCS. The van der Waals surface area contributed by atoms with Gasteiger partial charge < -0.3 is 9.79 Å². The molecule has 0 atom stereocenters. The van der Waals surface area contributed by atoms with E-state index in [2.05, 4.69) is 12.6 Å². The fraction of sp³-hybridized carbons (Fsp3) is 1.00. The normalized spacial score (nSPS) is 11.9. The van der Waals surface area contributed by atoms with Gasteiger partial charge in [0.15, 0.2) is 0 Å². The van der Waals surface area contributed by atoms with Crippen molar-refractivity contribution in [3.63, 3.8) is 0 Å². The molecule has 0 aliphatic carbocycles. The van der Waals surface area contributed by atoms with E-state index in [1.165, 1.54) is 64.2 Å². The van der Waals surface area contributed by atoms with Gasteiger partial charge in [0.1, 0.15) is 0 Å². The minimum atomic E-state index is -3.75. The molecule has 0 amide bonds. The predicted octanol–water partition coefficient (Wildman–Crippen LogP) is 5.17. The van der Waals surface area contributed by atoms with Gasteiger partial charge in [0.2, 0.25) is 0 Å². The molecule has 0 saturated heterocycles. The second-order valence-corrected chi connectivity index (χ2v) is 7.93. The molecule has 0 rings (SSSR count). The zero-order valence-electron chi connectivity index (χ0n) is 12.8. The summed E-state index contributed by atoms with van der Waals surface area (Å²) >= 11 is 4.21. The van der Waals surface area contributed by atoms with Gasteiger partial charge in [-0.05, 0) is 18.6 Å². The molecule has 0 radical (unpaired) electrons. The molecule has 0 unspecified atom stereocenters. The van der Waals surface area contributed by atoms with Crippen molar-refractivity contribution in [3.8, 4) is 0 Å². The number of thiol groups is 1. The van der Waals surface area contributed by atoms with Gasteiger partial charge in [-0.1, -0.05) is 70.6 Å². The van der Waals surface area contributed by atoms with Crippen molar-refractivity contribution in [3.05, 3.63) is 0 Å². The molecule has 122 valence electrons. The Labute approximate surface area is 130 Å². The maximum absolute atomic E-state index is 10.6. The minimum absolute atomic E-state index is 0.0558. The maximum atomic E-state index is 10.6. The van der Waals surface area contributed by atoms with E-state index in [4.69, 9.17) is 9.79 Å². The topological polar surface area (TPSA) is 57.5 Å². The van der Waals surface area contributed by atoms with Crippen molar-refractivity contribution in [1.29, 1.82) is 0 Å². The molecule has 0 aliphatic rings. The van der Waals surface area contributed by atoms with Gasteiger partial charge in [-0.3, -0.25) is 4.57 Å². The van der Waals surface area contributed by atoms with E-state index in [1.807, 2.05) is 0 Å². The molecule has 0 aromatic rings. The Morgan fingerprint density at radius 3 is 1.20 bits per heavy atom. The van der Waals surface area contributed by atoms with Crippen LogP contribution in [0.25, 0.3) is 0 Å². The summed E-state index contributed by atoms with van der Waals surface area (Å²) < 4.78 is 10.6. The average molecular weight is 324 g/mol. The number of unbranched alkanes of at least 4 members (excludes halogenated alkanes) is 12. The molecule has 20 heavy (non-hydrogen) atoms. The van der Waals surface area contributed by atoms with Crippen LogP contribution in [0.15, 0.2) is 0 Å². The van der Waals surface area contributed by atoms with Gasteiger partial charge in [0.25, 0.3) is 0 Å². The number of hydrogen-bond acceptors (Lipinski definition) is 2. The van der Waals surface area contributed by atoms with Gasteiger partial charge in [-0.15, -0.1) is 0 Å². The lowest BCUT2D eigenvalue weighted by Gasteiger charge is -2.04. The first-order valence-corrected chi connectivity index (χ1v) is 10.6. The molecule has 3 nitrogen and oxygen atoms in total. The van der Waals surface area contributed by atoms with Gasteiger partial charge in [0.05, 0.1) is 0 Å². The van der Waals surface area contributed by atoms with Gasteiger partial charge in [-0.25, -0.2) is 0 Å². The number of rotatable bonds is 15. The molecule has 0 heterocycles. The largest absolute Gasteiger partial charge is 0.325 e. The fourth-order valence-electron chi connectivity index (χ4n) is 2.37. The monoisotopic (exact) mass is 324 g/mol. The van der Waals surface area contributed by atoms with E-state index in [9.17, 15) is 4.57 Å². The smallest absolute Gasteiger partial charge is 0.324 e. The van der Waals surface area contributed by atoms with Crippen molar-refractivity contribution in [2.24, 2.45) is 0 Å². The van der Waals surface area contributed by atoms with Crippen molar-refractivity contribution in [2.75, 3.05) is 11.9 Å². The van der Waals surface area contributed by atoms with Crippen LogP contribution in [0, 0.1) is 0 Å². The van der Waals surface area contributed by atoms with E-state index in [0.717, 1.165) is 18.6 Å². The van der Waals surface area contributed by atoms with E-state index in [-0.39, 0.29) is 6.16 Å². The molecule has 0 spiro atoms. The lowest BCUT2D eigenvalue weighted by atomic mass is 10.0. The Kier molecular flexibility index (Phi) is 14.8. The summed E-state index contributed by atoms with van der Waals surface area (Å²) in [5.41, 5.74) is 0. The van der Waals surface area contributed by atoms with Crippen LogP contribution in [0.1, 0.15) is 83.5 Å². The number of hydrogen-bond donors (Lipinski definition) is 3. The molecule has 0 bridgehead atoms. The molecule has 0 fully saturated rings. The van der Waals surface area contributed by atoms with Gasteiger partial charge >= 0.3 is 7.60 Å². The molecular weight excluding hydrogens is 291 g/mol. The van der Waals surface area contributed by atoms with Crippen LogP contribution in [0.2, 0.25) is 0 Å². The van der Waals surface area contributed by atoms with E-state index in [1.54, 1.807) is 0 Å².